The van der Waals surface area contributed by atoms with Crippen LogP contribution in [0.15, 0.2) is 0 Å². The SMILES string of the molecule is Cn1[nH]nnc1=S.[Na+]. The Balaban J connectivity index is 0.000000490. The fourth-order valence-electron chi connectivity index (χ4n) is 0.242. The van der Waals surface area contributed by atoms with Crippen molar-refractivity contribution < 1.29 is 29.6 Å². The summed E-state index contributed by atoms with van der Waals surface area (Å²) >= 11 is 4.64. The quantitative estimate of drug-likeness (QED) is 0.305. The van der Waals surface area contributed by atoms with Crippen molar-refractivity contribution in [3.05, 3.63) is 4.77 Å². The predicted octanol–water partition coefficient (Wildman–Crippen LogP) is -3.12. The maximum Gasteiger partial charge on any atom is 1.00 e. The largest absolute Gasteiger partial charge is 1.00 e. The zero-order valence-electron chi connectivity index (χ0n) is 4.75. The number of aromatic nitrogens is 4. The molecule has 0 atom stereocenters. The van der Waals surface area contributed by atoms with Crippen LogP contribution in [0.5, 0.6) is 0 Å². The molecule has 38 valence electrons. The molecule has 8 heavy (non-hydrogen) atoms. The maximum atomic E-state index is 4.64. The van der Waals surface area contributed by atoms with Crippen LogP contribution in [-0.2, 0) is 7.05 Å². The summed E-state index contributed by atoms with van der Waals surface area (Å²) < 4.78 is 2.02. The number of H-pyrrole nitrogens is 1. The van der Waals surface area contributed by atoms with Crippen LogP contribution in [0, 0.1) is 4.77 Å². The molecule has 0 fully saturated rings. The van der Waals surface area contributed by atoms with E-state index in [9.17, 15) is 0 Å². The van der Waals surface area contributed by atoms with Crippen LogP contribution in [0.1, 0.15) is 0 Å². The normalized spacial score (nSPS) is 8.12. The first-order valence-electron chi connectivity index (χ1n) is 1.75. The standard InChI is InChI=1S/C2H4N4S.Na/c1-6-2(7)3-4-5-6;/h1H3,(H,3,5,7);/q;+1. The fourth-order valence-corrected chi connectivity index (χ4v) is 0.324. The number of hydrogen-bond donors (Lipinski definition) is 1. The van der Waals surface area contributed by atoms with Gasteiger partial charge in [-0.3, -0.25) is 0 Å². The number of aryl methyl sites for hydroxylation is 1. The molecule has 0 aliphatic rings. The van der Waals surface area contributed by atoms with Gasteiger partial charge in [-0.05, 0) is 12.2 Å². The number of hydrogen-bond acceptors (Lipinski definition) is 3. The van der Waals surface area contributed by atoms with Gasteiger partial charge in [0, 0.05) is 7.05 Å². The molecule has 0 saturated carbocycles. The summed E-state index contributed by atoms with van der Waals surface area (Å²) in [5.41, 5.74) is 0. The van der Waals surface area contributed by atoms with E-state index >= 15 is 0 Å². The van der Waals surface area contributed by atoms with E-state index in [0.29, 0.717) is 4.77 Å². The van der Waals surface area contributed by atoms with Crippen molar-refractivity contribution in [2.24, 2.45) is 7.05 Å². The van der Waals surface area contributed by atoms with E-state index in [1.807, 2.05) is 0 Å². The molecule has 0 radical (unpaired) electrons. The molecule has 0 aliphatic carbocycles. The summed E-state index contributed by atoms with van der Waals surface area (Å²) in [6.07, 6.45) is 0. The Kier molecular flexibility index (Phi) is 3.46. The van der Waals surface area contributed by atoms with E-state index in [1.54, 1.807) is 11.7 Å². The van der Waals surface area contributed by atoms with Gasteiger partial charge in [-0.25, -0.2) is 4.68 Å². The Hall–Kier alpha value is 0.290. The zero-order chi connectivity index (χ0) is 5.28. The first-order chi connectivity index (χ1) is 3.30. The molecule has 1 heterocycles. The van der Waals surface area contributed by atoms with Gasteiger partial charge < -0.3 is 0 Å². The molecule has 0 amide bonds. The number of rotatable bonds is 0. The van der Waals surface area contributed by atoms with Crippen molar-refractivity contribution in [2.45, 2.75) is 0 Å². The van der Waals surface area contributed by atoms with Crippen molar-refractivity contribution in [3.63, 3.8) is 0 Å². The van der Waals surface area contributed by atoms with E-state index in [-0.39, 0.29) is 29.6 Å². The number of aromatic amines is 1. The monoisotopic (exact) mass is 139 g/mol. The van der Waals surface area contributed by atoms with Crippen LogP contribution in [0.25, 0.3) is 0 Å². The summed E-state index contributed by atoms with van der Waals surface area (Å²) in [5, 5.41) is 9.41. The second kappa shape index (κ2) is 3.34. The molecule has 6 heteroatoms. The van der Waals surface area contributed by atoms with Gasteiger partial charge in [-0.2, -0.15) is 5.21 Å². The molecule has 1 aromatic rings. The van der Waals surface area contributed by atoms with Crippen LogP contribution >= 0.6 is 12.2 Å². The first kappa shape index (κ1) is 8.29. The van der Waals surface area contributed by atoms with Crippen LogP contribution in [-0.4, -0.2) is 20.2 Å². The minimum atomic E-state index is 0. The molecular weight excluding hydrogens is 135 g/mol. The third kappa shape index (κ3) is 1.66. The second-order valence-electron chi connectivity index (χ2n) is 1.14. The Morgan fingerprint density at radius 1 is 1.75 bits per heavy atom. The molecular formula is C2H4N4NaS+. The molecule has 4 nitrogen and oxygen atoms in total. The predicted molar refractivity (Wildman–Crippen MR) is 26.2 cm³/mol. The first-order valence-corrected chi connectivity index (χ1v) is 2.15. The third-order valence-electron chi connectivity index (χ3n) is 0.617. The molecule has 0 saturated heterocycles. The van der Waals surface area contributed by atoms with Gasteiger partial charge in [0.25, 0.3) is 0 Å². The van der Waals surface area contributed by atoms with E-state index in [1.165, 1.54) is 0 Å². The summed E-state index contributed by atoms with van der Waals surface area (Å²) in [6, 6.07) is 0. The van der Waals surface area contributed by atoms with Gasteiger partial charge in [-0.15, -0.1) is 0 Å². The average molecular weight is 139 g/mol. The maximum absolute atomic E-state index is 4.64. The van der Waals surface area contributed by atoms with Crippen molar-refractivity contribution in [3.8, 4) is 0 Å². The molecule has 1 rings (SSSR count). The summed E-state index contributed by atoms with van der Waals surface area (Å²) in [5.74, 6) is 0. The number of nitrogens with one attached hydrogen (secondary N) is 1. The smallest absolute Gasteiger partial charge is 0.246 e. The van der Waals surface area contributed by atoms with Gasteiger partial charge >= 0.3 is 29.6 Å². The van der Waals surface area contributed by atoms with E-state index < -0.39 is 0 Å². The van der Waals surface area contributed by atoms with Gasteiger partial charge in [0.15, 0.2) is 0 Å². The van der Waals surface area contributed by atoms with Crippen LogP contribution in [0.3, 0.4) is 0 Å². The Labute approximate surface area is 73.6 Å². The Morgan fingerprint density at radius 2 is 2.38 bits per heavy atom. The van der Waals surface area contributed by atoms with Crippen molar-refractivity contribution in [2.75, 3.05) is 0 Å². The van der Waals surface area contributed by atoms with Gasteiger partial charge in [-0.1, -0.05) is 10.3 Å². The van der Waals surface area contributed by atoms with Crippen molar-refractivity contribution in [1.29, 1.82) is 0 Å². The summed E-state index contributed by atoms with van der Waals surface area (Å²) in [7, 11) is 1.75. The number of tetrazole rings is 1. The van der Waals surface area contributed by atoms with Gasteiger partial charge in [0.1, 0.15) is 0 Å². The molecule has 1 aromatic heterocycles. The summed E-state index contributed by atoms with van der Waals surface area (Å²) in [4.78, 5) is 0. The average Bonchev–Trinajstić information content (AvgIpc) is 1.91. The topological polar surface area (TPSA) is 46.5 Å². The van der Waals surface area contributed by atoms with E-state index in [4.69, 9.17) is 0 Å². The molecule has 0 aromatic carbocycles. The Morgan fingerprint density at radius 3 is 2.50 bits per heavy atom. The van der Waals surface area contributed by atoms with E-state index in [2.05, 4.69) is 27.7 Å². The zero-order valence-corrected chi connectivity index (χ0v) is 7.57. The molecule has 0 spiro atoms. The fraction of sp³-hybridized carbons (Fsp3) is 0.500. The van der Waals surface area contributed by atoms with Crippen molar-refractivity contribution >= 4 is 12.2 Å². The van der Waals surface area contributed by atoms with E-state index in [0.717, 1.165) is 0 Å². The molecule has 0 bridgehead atoms. The minimum absolute atomic E-state index is 0. The molecule has 0 aliphatic heterocycles. The van der Waals surface area contributed by atoms with Crippen LogP contribution < -0.4 is 29.6 Å². The van der Waals surface area contributed by atoms with Gasteiger partial charge in [0.05, 0.1) is 0 Å². The molecule has 1 N–H and O–H groups in total. The summed E-state index contributed by atoms with van der Waals surface area (Å²) in [6.45, 7) is 0. The van der Waals surface area contributed by atoms with Gasteiger partial charge in [0.2, 0.25) is 4.77 Å². The minimum Gasteiger partial charge on any atom is -0.246 e. The Bertz CT molecular complexity index is 202. The van der Waals surface area contributed by atoms with Crippen LogP contribution in [0.4, 0.5) is 0 Å². The third-order valence-corrected chi connectivity index (χ3v) is 0.973. The van der Waals surface area contributed by atoms with Crippen LogP contribution in [0.2, 0.25) is 0 Å². The number of nitrogens with zero attached hydrogens (tertiary/aromatic N) is 3. The molecule has 0 unspecified atom stereocenters. The second-order valence-corrected chi connectivity index (χ2v) is 1.51. The van der Waals surface area contributed by atoms with Crippen molar-refractivity contribution in [1.82, 2.24) is 20.2 Å².